The van der Waals surface area contributed by atoms with E-state index in [1.807, 2.05) is 19.1 Å². The largest absolute Gasteiger partial charge is 0.377 e. The van der Waals surface area contributed by atoms with Crippen molar-refractivity contribution in [3.8, 4) is 0 Å². The molecule has 0 bridgehead atoms. The molecule has 0 aliphatic rings. The molecule has 1 unspecified atom stereocenters. The Balaban J connectivity index is 2.31. The Hall–Kier alpha value is -1.29. The van der Waals surface area contributed by atoms with Crippen LogP contribution in [0.15, 0.2) is 36.4 Å². The third-order valence-corrected chi connectivity index (χ3v) is 3.83. The average molecular weight is 313 g/mol. The van der Waals surface area contributed by atoms with Crippen molar-refractivity contribution in [3.05, 3.63) is 63.4 Å². The number of nitrogens with two attached hydrogens (primary N) is 1. The lowest BCUT2D eigenvalue weighted by molar-refractivity contribution is 0.593. The van der Waals surface area contributed by atoms with Crippen LogP contribution < -0.4 is 11.1 Å². The molecule has 0 saturated carbocycles. The standard InChI is InChI=1S/C15H15Cl2FN2/c1-9-5-6-10(7-12(9)17)20-14(8-19)15-11(16)3-2-4-13(15)18/h2-7,14,20H,8,19H2,1H3. The number of anilines is 1. The van der Waals surface area contributed by atoms with Crippen molar-refractivity contribution in [1.29, 1.82) is 0 Å². The van der Waals surface area contributed by atoms with Gasteiger partial charge in [-0.25, -0.2) is 4.39 Å². The molecule has 0 spiro atoms. The van der Waals surface area contributed by atoms with Gasteiger partial charge in [0.1, 0.15) is 5.82 Å². The lowest BCUT2D eigenvalue weighted by Crippen LogP contribution is -2.22. The lowest BCUT2D eigenvalue weighted by atomic mass is 10.1. The van der Waals surface area contributed by atoms with Crippen molar-refractivity contribution >= 4 is 28.9 Å². The molecule has 0 aromatic heterocycles. The molecule has 0 heterocycles. The van der Waals surface area contributed by atoms with E-state index in [1.165, 1.54) is 6.07 Å². The summed E-state index contributed by atoms with van der Waals surface area (Å²) < 4.78 is 13.9. The number of nitrogens with one attached hydrogen (secondary N) is 1. The highest BCUT2D eigenvalue weighted by molar-refractivity contribution is 6.32. The van der Waals surface area contributed by atoms with Crippen LogP contribution in [0.25, 0.3) is 0 Å². The molecule has 5 heteroatoms. The minimum Gasteiger partial charge on any atom is -0.377 e. The highest BCUT2D eigenvalue weighted by Crippen LogP contribution is 2.29. The van der Waals surface area contributed by atoms with Crippen LogP contribution in [0.1, 0.15) is 17.2 Å². The maximum Gasteiger partial charge on any atom is 0.130 e. The Bertz CT molecular complexity index is 597. The zero-order valence-corrected chi connectivity index (χ0v) is 12.5. The van der Waals surface area contributed by atoms with Crippen LogP contribution in [0.2, 0.25) is 10.0 Å². The van der Waals surface area contributed by atoms with Gasteiger partial charge in [0.2, 0.25) is 0 Å². The van der Waals surface area contributed by atoms with Gasteiger partial charge in [-0.1, -0.05) is 35.3 Å². The van der Waals surface area contributed by atoms with Crippen molar-refractivity contribution in [2.75, 3.05) is 11.9 Å². The Morgan fingerprint density at radius 1 is 1.20 bits per heavy atom. The van der Waals surface area contributed by atoms with Gasteiger partial charge in [-0.2, -0.15) is 0 Å². The maximum absolute atomic E-state index is 13.9. The molecule has 20 heavy (non-hydrogen) atoms. The highest BCUT2D eigenvalue weighted by Gasteiger charge is 2.17. The van der Waals surface area contributed by atoms with Gasteiger partial charge < -0.3 is 11.1 Å². The third-order valence-electron chi connectivity index (χ3n) is 3.10. The van der Waals surface area contributed by atoms with Crippen LogP contribution in [0.5, 0.6) is 0 Å². The second-order valence-electron chi connectivity index (χ2n) is 4.53. The van der Waals surface area contributed by atoms with Crippen LogP contribution in [0.3, 0.4) is 0 Å². The quantitative estimate of drug-likeness (QED) is 0.869. The van der Waals surface area contributed by atoms with Crippen molar-refractivity contribution in [1.82, 2.24) is 0 Å². The molecular formula is C15H15Cl2FN2. The summed E-state index contributed by atoms with van der Waals surface area (Å²) in [5, 5.41) is 4.16. The van der Waals surface area contributed by atoms with E-state index >= 15 is 0 Å². The predicted molar refractivity (Wildman–Crippen MR) is 83.0 cm³/mol. The first-order valence-corrected chi connectivity index (χ1v) is 6.95. The van der Waals surface area contributed by atoms with E-state index in [0.29, 0.717) is 15.6 Å². The van der Waals surface area contributed by atoms with Crippen molar-refractivity contribution in [3.63, 3.8) is 0 Å². The molecule has 2 nitrogen and oxygen atoms in total. The van der Waals surface area contributed by atoms with Gasteiger partial charge in [-0.3, -0.25) is 0 Å². The third kappa shape index (κ3) is 3.23. The maximum atomic E-state index is 13.9. The van der Waals surface area contributed by atoms with Crippen LogP contribution >= 0.6 is 23.2 Å². The zero-order valence-electron chi connectivity index (χ0n) is 11.0. The van der Waals surface area contributed by atoms with Crippen molar-refractivity contribution in [2.24, 2.45) is 5.73 Å². The van der Waals surface area contributed by atoms with E-state index in [9.17, 15) is 4.39 Å². The SMILES string of the molecule is Cc1ccc(NC(CN)c2c(F)cccc2Cl)cc1Cl. The molecule has 0 aliphatic heterocycles. The van der Waals surface area contributed by atoms with E-state index < -0.39 is 6.04 Å². The molecule has 106 valence electrons. The number of benzene rings is 2. The summed E-state index contributed by atoms with van der Waals surface area (Å²) in [6, 6.07) is 9.72. The summed E-state index contributed by atoms with van der Waals surface area (Å²) in [4.78, 5) is 0. The van der Waals surface area contributed by atoms with Gasteiger partial charge in [-0.05, 0) is 36.8 Å². The molecule has 3 N–H and O–H groups in total. The zero-order chi connectivity index (χ0) is 14.7. The number of aryl methyl sites for hydroxylation is 1. The fourth-order valence-electron chi connectivity index (χ4n) is 1.98. The van der Waals surface area contributed by atoms with E-state index in [0.717, 1.165) is 11.3 Å². The van der Waals surface area contributed by atoms with Gasteiger partial charge >= 0.3 is 0 Å². The van der Waals surface area contributed by atoms with E-state index in [4.69, 9.17) is 28.9 Å². The van der Waals surface area contributed by atoms with Gasteiger partial charge in [0.15, 0.2) is 0 Å². The fourth-order valence-corrected chi connectivity index (χ4v) is 2.45. The van der Waals surface area contributed by atoms with Gasteiger partial charge in [0.25, 0.3) is 0 Å². The second kappa shape index (κ2) is 6.44. The topological polar surface area (TPSA) is 38.0 Å². The van der Waals surface area contributed by atoms with E-state index in [2.05, 4.69) is 5.32 Å². The molecular weight excluding hydrogens is 298 g/mol. The fraction of sp³-hybridized carbons (Fsp3) is 0.200. The predicted octanol–water partition coefficient (Wildman–Crippen LogP) is 4.55. The normalized spacial score (nSPS) is 12.2. The Labute approximate surface area is 127 Å². The molecule has 0 aliphatic carbocycles. The lowest BCUT2D eigenvalue weighted by Gasteiger charge is -2.20. The first-order valence-electron chi connectivity index (χ1n) is 6.19. The minimum atomic E-state index is -0.414. The van der Waals surface area contributed by atoms with E-state index in [-0.39, 0.29) is 12.4 Å². The van der Waals surface area contributed by atoms with E-state index in [1.54, 1.807) is 18.2 Å². The number of hydrogen-bond donors (Lipinski definition) is 2. The monoisotopic (exact) mass is 312 g/mol. The van der Waals surface area contributed by atoms with Crippen LogP contribution in [-0.4, -0.2) is 6.54 Å². The highest BCUT2D eigenvalue weighted by atomic mass is 35.5. The second-order valence-corrected chi connectivity index (χ2v) is 5.35. The van der Waals surface area contributed by atoms with Crippen LogP contribution in [0, 0.1) is 12.7 Å². The summed E-state index contributed by atoms with van der Waals surface area (Å²) in [7, 11) is 0. The first-order chi connectivity index (χ1) is 9.52. The Kier molecular flexibility index (Phi) is 4.86. The van der Waals surface area contributed by atoms with Crippen molar-refractivity contribution < 1.29 is 4.39 Å². The summed E-state index contributed by atoms with van der Waals surface area (Å²) in [6.45, 7) is 2.13. The minimum absolute atomic E-state index is 0.214. The molecule has 0 saturated heterocycles. The first kappa shape index (κ1) is 15.1. The van der Waals surface area contributed by atoms with Crippen molar-refractivity contribution in [2.45, 2.75) is 13.0 Å². The molecule has 2 aromatic carbocycles. The van der Waals surface area contributed by atoms with Gasteiger partial charge in [0.05, 0.1) is 6.04 Å². The summed E-state index contributed by atoms with van der Waals surface area (Å²) in [5.74, 6) is -0.376. The summed E-state index contributed by atoms with van der Waals surface area (Å²) >= 11 is 12.1. The van der Waals surface area contributed by atoms with Crippen LogP contribution in [-0.2, 0) is 0 Å². The summed E-state index contributed by atoms with van der Waals surface area (Å²) in [6.07, 6.45) is 0. The smallest absolute Gasteiger partial charge is 0.130 e. The molecule has 0 radical (unpaired) electrons. The Morgan fingerprint density at radius 2 is 1.95 bits per heavy atom. The number of halogens is 3. The number of hydrogen-bond acceptors (Lipinski definition) is 2. The van der Waals surface area contributed by atoms with Crippen LogP contribution in [0.4, 0.5) is 10.1 Å². The number of rotatable bonds is 4. The average Bonchev–Trinajstić information content (AvgIpc) is 2.41. The molecule has 0 fully saturated rings. The molecule has 2 aromatic rings. The van der Waals surface area contributed by atoms with Gasteiger partial charge in [-0.15, -0.1) is 0 Å². The summed E-state index contributed by atoms with van der Waals surface area (Å²) in [5.41, 5.74) is 7.86. The van der Waals surface area contributed by atoms with Gasteiger partial charge in [0, 0.05) is 27.8 Å². The molecule has 1 atom stereocenters. The molecule has 2 rings (SSSR count). The molecule has 0 amide bonds. The Morgan fingerprint density at radius 3 is 2.55 bits per heavy atom.